The second-order valence-electron chi connectivity index (χ2n) is 14.7. The fourth-order valence-electron chi connectivity index (χ4n) is 9.24. The van der Waals surface area contributed by atoms with E-state index in [-0.39, 0.29) is 71.2 Å². The highest BCUT2D eigenvalue weighted by Crippen LogP contribution is 3.02. The number of benzene rings is 1. The first-order valence-corrected chi connectivity index (χ1v) is 19.3. The van der Waals surface area contributed by atoms with Crippen molar-refractivity contribution >= 4 is 39.1 Å². The van der Waals surface area contributed by atoms with Gasteiger partial charge in [0.1, 0.15) is 23.6 Å². The van der Waals surface area contributed by atoms with Crippen LogP contribution < -0.4 is 10.9 Å². The van der Waals surface area contributed by atoms with E-state index in [1.165, 1.54) is 10.9 Å². The van der Waals surface area contributed by atoms with Crippen molar-refractivity contribution < 1.29 is 43.3 Å². The first-order valence-electron chi connectivity index (χ1n) is 17.3. The molecule has 3 aromatic heterocycles. The molecule has 54 heavy (non-hydrogen) atoms. The fraction of sp³-hybridized carbons (Fsp3) is 0.441. The number of anilines is 1. The molecule has 0 unspecified atom stereocenters. The smallest absolute Gasteiger partial charge is 0.310 e. The largest absolute Gasteiger partial charge is 0.504 e. The van der Waals surface area contributed by atoms with Gasteiger partial charge in [0.2, 0.25) is 11.7 Å². The van der Waals surface area contributed by atoms with E-state index in [2.05, 4.69) is 25.4 Å². The van der Waals surface area contributed by atoms with Crippen LogP contribution in [0, 0.1) is 24.6 Å². The molecular formula is C34H32F6N8O5S. The average molecular weight is 779 g/mol. The first kappa shape index (κ1) is 34.8. The highest BCUT2D eigenvalue weighted by Gasteiger charge is 2.70. The number of carbonyl (C=O) groups excluding carboxylic acids is 2. The van der Waals surface area contributed by atoms with Crippen molar-refractivity contribution in [3.05, 3.63) is 75.2 Å². The third-order valence-corrected chi connectivity index (χ3v) is 12.9. The number of aromatic hydroxyl groups is 1. The van der Waals surface area contributed by atoms with Gasteiger partial charge in [-0.05, 0) is 74.6 Å². The number of aromatic nitrogens is 6. The molecule has 2 saturated carbocycles. The number of nitrogens with zero attached hydrogens (tertiary/aromatic N) is 7. The lowest BCUT2D eigenvalue weighted by molar-refractivity contribution is -0.116. The molecule has 286 valence electrons. The number of hydrogen-bond acceptors (Lipinski definition) is 9. The third-order valence-electron chi connectivity index (χ3n) is 11.8. The number of ether oxygens (including phenoxy) is 1. The van der Waals surface area contributed by atoms with Gasteiger partial charge in [-0.15, -0.1) is 5.10 Å². The maximum Gasteiger partial charge on any atom is 0.310 e. The number of likely N-dealkylation sites (tertiary alicyclic amines) is 1. The van der Waals surface area contributed by atoms with Gasteiger partial charge in [-0.25, -0.2) is 14.4 Å². The normalized spacial score (nSPS) is 26.9. The van der Waals surface area contributed by atoms with Crippen LogP contribution in [0.4, 0.5) is 29.5 Å². The van der Waals surface area contributed by atoms with Crippen LogP contribution in [0.2, 0.25) is 0 Å². The van der Waals surface area contributed by atoms with Crippen LogP contribution in [0.25, 0.3) is 11.4 Å². The molecule has 2 amide bonds. The number of carbonyl (C=O) groups is 2. The van der Waals surface area contributed by atoms with E-state index in [4.69, 9.17) is 4.74 Å². The van der Waals surface area contributed by atoms with Gasteiger partial charge in [0, 0.05) is 35.2 Å². The summed E-state index contributed by atoms with van der Waals surface area (Å²) in [6.45, 7) is 1.97. The molecule has 1 saturated heterocycles. The number of rotatable bonds is 6. The van der Waals surface area contributed by atoms with Crippen LogP contribution in [-0.4, -0.2) is 76.8 Å². The van der Waals surface area contributed by atoms with Gasteiger partial charge in [-0.2, -0.15) is 9.50 Å². The second kappa shape index (κ2) is 10.8. The Labute approximate surface area is 301 Å². The minimum Gasteiger partial charge on any atom is -0.504 e. The van der Waals surface area contributed by atoms with Gasteiger partial charge in [-0.3, -0.25) is 14.4 Å². The lowest BCUT2D eigenvalue weighted by atomic mass is 9.54. The second-order valence-corrected chi connectivity index (χ2v) is 17.1. The highest BCUT2D eigenvalue weighted by atomic mass is 32.5. The van der Waals surface area contributed by atoms with Crippen molar-refractivity contribution in [2.45, 2.75) is 67.8 Å². The molecule has 1 spiro atoms. The molecule has 0 bridgehead atoms. The number of halogens is 6. The SMILES string of the molecule is Cc1ncnc(C(=O)N2CC[C@]3(c4c(n(CC(=O)Nc5ccc(S(F)(F)(F)(F)F)cc5F)c5nc(C6=CCOCC6)nn5c4=O)[C@H]4C[C@H]43)[C@@H]3CC[C@@H]32)c1O. The minimum absolute atomic E-state index is 0.00372. The summed E-state index contributed by atoms with van der Waals surface area (Å²) >= 11 is 0. The third kappa shape index (κ3) is 5.15. The van der Waals surface area contributed by atoms with Crippen LogP contribution in [0.3, 0.4) is 0 Å². The Balaban J connectivity index is 1.12. The summed E-state index contributed by atoms with van der Waals surface area (Å²) in [6.07, 6.45) is 5.90. The van der Waals surface area contributed by atoms with Gasteiger partial charge in [0.15, 0.2) is 17.3 Å². The Morgan fingerprint density at radius 2 is 1.93 bits per heavy atom. The highest BCUT2D eigenvalue weighted by molar-refractivity contribution is 8.45. The lowest BCUT2D eigenvalue weighted by Crippen LogP contribution is -2.64. The molecule has 0 radical (unpaired) electrons. The van der Waals surface area contributed by atoms with E-state index in [9.17, 15) is 43.3 Å². The van der Waals surface area contributed by atoms with Crippen LogP contribution in [-0.2, 0) is 21.5 Å². The minimum atomic E-state index is -10.2. The Hall–Kier alpha value is -4.98. The molecule has 9 rings (SSSR count). The zero-order valence-electron chi connectivity index (χ0n) is 28.4. The Bertz CT molecular complexity index is 2440. The number of hydrogen-bond donors (Lipinski definition) is 2. The first-order chi connectivity index (χ1) is 25.4. The summed E-state index contributed by atoms with van der Waals surface area (Å²) in [5, 5.41) is 17.4. The molecule has 2 N–H and O–H groups in total. The molecule has 5 aliphatic rings. The van der Waals surface area contributed by atoms with E-state index in [0.29, 0.717) is 62.6 Å². The summed E-state index contributed by atoms with van der Waals surface area (Å²) in [4.78, 5) is 54.0. The van der Waals surface area contributed by atoms with Gasteiger partial charge in [-0.1, -0.05) is 25.5 Å². The van der Waals surface area contributed by atoms with E-state index >= 15 is 0 Å². The van der Waals surface area contributed by atoms with Crippen molar-refractivity contribution in [1.29, 1.82) is 0 Å². The van der Waals surface area contributed by atoms with E-state index < -0.39 is 56.0 Å². The van der Waals surface area contributed by atoms with E-state index in [0.717, 1.165) is 10.1 Å². The van der Waals surface area contributed by atoms with Gasteiger partial charge in [0.05, 0.1) is 24.6 Å². The number of nitrogens with one attached hydrogen (secondary N) is 1. The summed E-state index contributed by atoms with van der Waals surface area (Å²) in [7, 11) is -10.2. The Morgan fingerprint density at radius 3 is 2.61 bits per heavy atom. The van der Waals surface area contributed by atoms with Gasteiger partial charge < -0.3 is 24.6 Å². The molecule has 3 fully saturated rings. The molecule has 13 nitrogen and oxygen atoms in total. The van der Waals surface area contributed by atoms with Crippen molar-refractivity contribution in [1.82, 2.24) is 34.0 Å². The van der Waals surface area contributed by atoms with E-state index in [1.54, 1.807) is 17.9 Å². The van der Waals surface area contributed by atoms with Crippen LogP contribution in [0.15, 0.2) is 40.3 Å². The summed E-state index contributed by atoms with van der Waals surface area (Å²) in [5.41, 5.74) is 0.0426. The summed E-state index contributed by atoms with van der Waals surface area (Å²) < 4.78 is 89.5. The summed E-state index contributed by atoms with van der Waals surface area (Å²) in [5.74, 6) is -3.39. The standard InChI is InChI=1S/C34H32F6N8O5S/c1-16-29(50)27(42-15-41-16)32(52)46-9-8-34(20-3-5-24(20)46)21-13-19(21)28-26(34)31(51)48-33(44-30(45-48)17-6-10-53-11-7-17)47(28)14-25(49)43-23-4-2-18(12-22(23)35)54(36,37,38,39)40/h2,4,6,12,15,19-21,24,50H,3,5,7-11,13-14H2,1H3,(H,43,49)/t19-,20+,21+,24-,34-/m0/s1. The van der Waals surface area contributed by atoms with Crippen LogP contribution in [0.5, 0.6) is 5.75 Å². The molecule has 4 aromatic rings. The number of fused-ring (bicyclic) bond motifs is 8. The lowest BCUT2D eigenvalue weighted by Gasteiger charge is -2.58. The van der Waals surface area contributed by atoms with E-state index in [1.807, 2.05) is 0 Å². The molecule has 1 aromatic carbocycles. The molecule has 5 atom stereocenters. The molecule has 5 heterocycles. The van der Waals surface area contributed by atoms with Crippen molar-refractivity contribution in [2.75, 3.05) is 25.1 Å². The van der Waals surface area contributed by atoms with Crippen LogP contribution >= 0.6 is 10.2 Å². The Kier molecular flexibility index (Phi) is 6.97. The van der Waals surface area contributed by atoms with Crippen molar-refractivity contribution in [3.63, 3.8) is 0 Å². The quantitative estimate of drug-likeness (QED) is 0.238. The Morgan fingerprint density at radius 1 is 1.13 bits per heavy atom. The van der Waals surface area contributed by atoms with Crippen molar-refractivity contribution in [2.24, 2.45) is 11.8 Å². The molecule has 3 aliphatic carbocycles. The van der Waals surface area contributed by atoms with Crippen LogP contribution in [0.1, 0.15) is 71.3 Å². The zero-order valence-corrected chi connectivity index (χ0v) is 29.3. The molecule has 20 heteroatoms. The predicted octanol–water partition coefficient (Wildman–Crippen LogP) is 5.61. The molecular weight excluding hydrogens is 746 g/mol. The monoisotopic (exact) mass is 778 g/mol. The average Bonchev–Trinajstić information content (AvgIpc) is 3.68. The van der Waals surface area contributed by atoms with Crippen molar-refractivity contribution in [3.8, 4) is 5.75 Å². The fourth-order valence-corrected chi connectivity index (χ4v) is 9.89. The maximum absolute atomic E-state index is 14.8. The molecule has 2 aliphatic heterocycles. The number of aryl methyl sites for hydroxylation is 1. The number of amides is 2. The van der Waals surface area contributed by atoms with Gasteiger partial charge in [0.25, 0.3) is 11.5 Å². The zero-order chi connectivity index (χ0) is 38.2. The summed E-state index contributed by atoms with van der Waals surface area (Å²) in [6, 6.07) is -0.175. The number of piperidine rings is 1. The predicted molar refractivity (Wildman–Crippen MR) is 180 cm³/mol. The maximum atomic E-state index is 14.8. The van der Waals surface area contributed by atoms with Gasteiger partial charge >= 0.3 is 10.2 Å². The topological polar surface area (TPSA) is 157 Å².